The Balaban J connectivity index is 0. The van der Waals surface area contributed by atoms with Crippen molar-refractivity contribution < 1.29 is 14.6 Å². The molecular weight excluding hydrogens is 325 g/mol. The number of aliphatic carboxylic acids is 1. The van der Waals surface area contributed by atoms with Crippen LogP contribution in [0.2, 0.25) is 0 Å². The van der Waals surface area contributed by atoms with Crippen molar-refractivity contribution in [3.05, 3.63) is 29.5 Å². The molecule has 2 rings (SSSR count). The van der Waals surface area contributed by atoms with Gasteiger partial charge in [-0.3, -0.25) is 4.79 Å². The van der Waals surface area contributed by atoms with Crippen LogP contribution in [0, 0.1) is 6.92 Å². The predicted molar refractivity (Wildman–Crippen MR) is 87.3 cm³/mol. The summed E-state index contributed by atoms with van der Waals surface area (Å²) in [4.78, 5) is 10.9. The normalized spacial score (nSPS) is 9.15. The second kappa shape index (κ2) is 8.25. The molecule has 1 aromatic heterocycles. The lowest BCUT2D eigenvalue weighted by Gasteiger charge is -2.01. The molecule has 0 radical (unpaired) electrons. The third kappa shape index (κ3) is 3.72. The van der Waals surface area contributed by atoms with Gasteiger partial charge in [-0.25, -0.2) is 0 Å². The molecule has 2 aromatic rings. The number of benzene rings is 1. The minimum Gasteiger partial charge on any atom is -0.497 e. The average molecular weight is 343 g/mol. The molecular formula is C13H18Cl3NO3. The van der Waals surface area contributed by atoms with E-state index < -0.39 is 5.97 Å². The molecule has 0 spiro atoms. The number of aryl methyl sites for hydroxylation is 1. The lowest BCUT2D eigenvalue weighted by Crippen LogP contribution is -2.01. The Kier molecular flexibility index (Phi) is 8.74. The zero-order chi connectivity index (χ0) is 12.6. The summed E-state index contributed by atoms with van der Waals surface area (Å²) in [7, 11) is 3.54. The van der Waals surface area contributed by atoms with Gasteiger partial charge >= 0.3 is 5.97 Å². The van der Waals surface area contributed by atoms with Gasteiger partial charge in [-0.2, -0.15) is 0 Å². The smallest absolute Gasteiger partial charge is 0.307 e. The van der Waals surface area contributed by atoms with Crippen molar-refractivity contribution in [2.75, 3.05) is 7.11 Å². The third-order valence-electron chi connectivity index (χ3n) is 3.16. The molecule has 114 valence electrons. The van der Waals surface area contributed by atoms with E-state index in [1.165, 1.54) is 0 Å². The molecule has 0 saturated heterocycles. The second-order valence-electron chi connectivity index (χ2n) is 4.08. The Morgan fingerprint density at radius 1 is 1.30 bits per heavy atom. The molecule has 0 aliphatic heterocycles. The van der Waals surface area contributed by atoms with Crippen LogP contribution in [0.4, 0.5) is 0 Å². The predicted octanol–water partition coefficient (Wildman–Crippen LogP) is 3.39. The number of carboxylic acids is 1. The molecule has 0 aliphatic rings. The minimum atomic E-state index is -0.816. The standard InChI is InChI=1S/C13H15NO3.3ClH/c1-8-10(7-13(15)16)11-6-9(17-3)4-5-12(11)14(8)2;;;/h4-6H,7H2,1-3H3,(H,15,16);3*1H. The molecule has 0 unspecified atom stereocenters. The van der Waals surface area contributed by atoms with Crippen molar-refractivity contribution in [2.24, 2.45) is 7.05 Å². The van der Waals surface area contributed by atoms with Gasteiger partial charge < -0.3 is 14.4 Å². The topological polar surface area (TPSA) is 51.5 Å². The number of methoxy groups -OCH3 is 1. The van der Waals surface area contributed by atoms with E-state index in [-0.39, 0.29) is 43.6 Å². The van der Waals surface area contributed by atoms with Crippen LogP contribution in [-0.2, 0) is 18.3 Å². The number of aromatic nitrogens is 1. The molecule has 4 nitrogen and oxygen atoms in total. The number of carbonyl (C=O) groups is 1. The molecule has 1 N–H and O–H groups in total. The van der Waals surface area contributed by atoms with E-state index in [0.717, 1.165) is 27.9 Å². The van der Waals surface area contributed by atoms with Gasteiger partial charge in [-0.05, 0) is 30.7 Å². The fourth-order valence-electron chi connectivity index (χ4n) is 2.13. The first-order chi connectivity index (χ1) is 8.04. The van der Waals surface area contributed by atoms with Crippen molar-refractivity contribution in [1.82, 2.24) is 4.57 Å². The Bertz CT molecular complexity index is 596. The summed E-state index contributed by atoms with van der Waals surface area (Å²) in [6.45, 7) is 1.94. The van der Waals surface area contributed by atoms with Crippen molar-refractivity contribution in [3.63, 3.8) is 0 Å². The quantitative estimate of drug-likeness (QED) is 0.930. The van der Waals surface area contributed by atoms with Crippen LogP contribution in [0.1, 0.15) is 11.3 Å². The highest BCUT2D eigenvalue weighted by Crippen LogP contribution is 2.28. The zero-order valence-corrected chi connectivity index (χ0v) is 13.8. The van der Waals surface area contributed by atoms with Crippen LogP contribution >= 0.6 is 37.2 Å². The van der Waals surface area contributed by atoms with Gasteiger partial charge in [0, 0.05) is 23.6 Å². The Hall–Kier alpha value is -1.10. The van der Waals surface area contributed by atoms with E-state index in [2.05, 4.69) is 0 Å². The van der Waals surface area contributed by atoms with Crippen LogP contribution in [0.15, 0.2) is 18.2 Å². The van der Waals surface area contributed by atoms with Gasteiger partial charge in [0.1, 0.15) is 5.75 Å². The van der Waals surface area contributed by atoms with E-state index in [9.17, 15) is 4.79 Å². The largest absolute Gasteiger partial charge is 0.497 e. The van der Waals surface area contributed by atoms with Gasteiger partial charge in [0.25, 0.3) is 0 Å². The molecule has 0 bridgehead atoms. The van der Waals surface area contributed by atoms with Gasteiger partial charge in [0.2, 0.25) is 0 Å². The molecule has 0 aliphatic carbocycles. The second-order valence-corrected chi connectivity index (χ2v) is 4.08. The van der Waals surface area contributed by atoms with E-state index in [4.69, 9.17) is 9.84 Å². The lowest BCUT2D eigenvalue weighted by atomic mass is 10.1. The number of hydrogen-bond donors (Lipinski definition) is 1. The van der Waals surface area contributed by atoms with Crippen LogP contribution in [0.3, 0.4) is 0 Å². The van der Waals surface area contributed by atoms with Crippen molar-refractivity contribution in [2.45, 2.75) is 13.3 Å². The number of ether oxygens (including phenoxy) is 1. The molecule has 1 heterocycles. The molecule has 1 aromatic carbocycles. The van der Waals surface area contributed by atoms with Gasteiger partial charge in [-0.1, -0.05) is 0 Å². The summed E-state index contributed by atoms with van der Waals surface area (Å²) < 4.78 is 7.18. The average Bonchev–Trinajstić information content (AvgIpc) is 2.53. The summed E-state index contributed by atoms with van der Waals surface area (Å²) in [6.07, 6.45) is 0.0380. The maximum absolute atomic E-state index is 10.9. The SMILES string of the molecule is COc1ccc2c(c1)c(CC(=O)O)c(C)n2C.Cl.Cl.Cl. The Morgan fingerprint density at radius 2 is 1.90 bits per heavy atom. The maximum atomic E-state index is 10.9. The third-order valence-corrected chi connectivity index (χ3v) is 3.16. The molecule has 0 amide bonds. The highest BCUT2D eigenvalue weighted by molar-refractivity contribution is 5.90. The minimum absolute atomic E-state index is 0. The van der Waals surface area contributed by atoms with E-state index >= 15 is 0 Å². The first-order valence-corrected chi connectivity index (χ1v) is 5.38. The maximum Gasteiger partial charge on any atom is 0.307 e. The number of hydrogen-bond acceptors (Lipinski definition) is 2. The fraction of sp³-hybridized carbons (Fsp3) is 0.308. The summed E-state index contributed by atoms with van der Waals surface area (Å²) in [6, 6.07) is 5.72. The first kappa shape index (κ1) is 21.2. The summed E-state index contributed by atoms with van der Waals surface area (Å²) in [5.41, 5.74) is 2.86. The molecule has 0 saturated carbocycles. The van der Waals surface area contributed by atoms with E-state index in [1.807, 2.05) is 36.7 Å². The fourth-order valence-corrected chi connectivity index (χ4v) is 2.13. The lowest BCUT2D eigenvalue weighted by molar-refractivity contribution is -0.136. The number of rotatable bonds is 3. The van der Waals surface area contributed by atoms with Crippen molar-refractivity contribution in [1.29, 1.82) is 0 Å². The van der Waals surface area contributed by atoms with E-state index in [0.29, 0.717) is 0 Å². The molecule has 0 atom stereocenters. The van der Waals surface area contributed by atoms with Crippen LogP contribution < -0.4 is 4.74 Å². The van der Waals surface area contributed by atoms with Crippen molar-refractivity contribution >= 4 is 54.1 Å². The van der Waals surface area contributed by atoms with Crippen LogP contribution in [0.5, 0.6) is 5.75 Å². The number of nitrogens with zero attached hydrogens (tertiary/aromatic N) is 1. The summed E-state index contributed by atoms with van der Waals surface area (Å²) in [5.74, 6) is -0.0711. The Morgan fingerprint density at radius 3 is 2.40 bits per heavy atom. The summed E-state index contributed by atoms with van der Waals surface area (Å²) >= 11 is 0. The highest BCUT2D eigenvalue weighted by Gasteiger charge is 2.14. The highest BCUT2D eigenvalue weighted by atomic mass is 35.5. The zero-order valence-electron chi connectivity index (χ0n) is 11.4. The van der Waals surface area contributed by atoms with Crippen LogP contribution in [-0.4, -0.2) is 22.8 Å². The van der Waals surface area contributed by atoms with Crippen LogP contribution in [0.25, 0.3) is 10.9 Å². The van der Waals surface area contributed by atoms with Gasteiger partial charge in [0.05, 0.1) is 13.5 Å². The number of fused-ring (bicyclic) bond motifs is 1. The molecule has 20 heavy (non-hydrogen) atoms. The molecule has 0 fully saturated rings. The monoisotopic (exact) mass is 341 g/mol. The molecule has 7 heteroatoms. The number of halogens is 3. The summed E-state index contributed by atoms with van der Waals surface area (Å²) in [5, 5.41) is 9.90. The Labute approximate surface area is 136 Å². The van der Waals surface area contributed by atoms with E-state index in [1.54, 1.807) is 7.11 Å². The first-order valence-electron chi connectivity index (χ1n) is 5.38. The number of carboxylic acid groups (broad SMARTS) is 1. The van der Waals surface area contributed by atoms with Gasteiger partial charge in [-0.15, -0.1) is 37.2 Å². The van der Waals surface area contributed by atoms with Crippen molar-refractivity contribution in [3.8, 4) is 5.75 Å². The van der Waals surface area contributed by atoms with Gasteiger partial charge in [0.15, 0.2) is 0 Å².